The van der Waals surface area contributed by atoms with Crippen LogP contribution in [0.1, 0.15) is 47.9 Å². The summed E-state index contributed by atoms with van der Waals surface area (Å²) >= 11 is 0. The number of aromatic carboxylic acids is 1. The molecule has 2 aromatic rings. The number of hydrogen-bond acceptors (Lipinski definition) is 3. The minimum Gasteiger partial charge on any atom is -0.478 e. The van der Waals surface area contributed by atoms with E-state index < -0.39 is 5.97 Å². The van der Waals surface area contributed by atoms with E-state index in [2.05, 4.69) is 4.98 Å². The molecule has 1 heterocycles. The van der Waals surface area contributed by atoms with Crippen LogP contribution in [0.5, 0.6) is 0 Å². The highest BCUT2D eigenvalue weighted by atomic mass is 16.4. The van der Waals surface area contributed by atoms with E-state index in [1.807, 2.05) is 17.6 Å². The molecule has 1 aromatic heterocycles. The van der Waals surface area contributed by atoms with Crippen molar-refractivity contribution in [1.82, 2.24) is 9.55 Å². The molecule has 1 saturated carbocycles. The van der Waals surface area contributed by atoms with Crippen molar-refractivity contribution < 1.29 is 15.0 Å². The van der Waals surface area contributed by atoms with Gasteiger partial charge in [-0.25, -0.2) is 9.78 Å². The summed E-state index contributed by atoms with van der Waals surface area (Å²) in [6.45, 7) is 1.91. The number of nitrogens with zero attached hydrogens (tertiary/aromatic N) is 2. The molecule has 0 saturated heterocycles. The maximum Gasteiger partial charge on any atom is 0.337 e. The molecule has 0 bridgehead atoms. The van der Waals surface area contributed by atoms with Crippen LogP contribution in [-0.4, -0.2) is 31.8 Å². The van der Waals surface area contributed by atoms with Crippen LogP contribution in [0.2, 0.25) is 0 Å². The van der Waals surface area contributed by atoms with Gasteiger partial charge in [0.25, 0.3) is 0 Å². The molecular weight excluding hydrogens is 256 g/mol. The Morgan fingerprint density at radius 3 is 2.65 bits per heavy atom. The number of aromatic nitrogens is 2. The molecule has 1 fully saturated rings. The summed E-state index contributed by atoms with van der Waals surface area (Å²) in [6, 6.07) is 5.43. The fourth-order valence-electron chi connectivity index (χ4n) is 3.20. The number of benzene rings is 1. The molecule has 5 heteroatoms. The van der Waals surface area contributed by atoms with Gasteiger partial charge in [-0.2, -0.15) is 0 Å². The Bertz CT molecular complexity index is 654. The zero-order valence-corrected chi connectivity index (χ0v) is 11.4. The summed E-state index contributed by atoms with van der Waals surface area (Å²) in [5.74, 6) is -0.0808. The van der Waals surface area contributed by atoms with E-state index in [0.717, 1.165) is 37.0 Å². The van der Waals surface area contributed by atoms with Crippen molar-refractivity contribution in [2.75, 3.05) is 0 Å². The number of para-hydroxylation sites is 1. The predicted molar refractivity (Wildman–Crippen MR) is 74.9 cm³/mol. The quantitative estimate of drug-likeness (QED) is 0.882. The monoisotopic (exact) mass is 274 g/mol. The van der Waals surface area contributed by atoms with Gasteiger partial charge in [0.15, 0.2) is 0 Å². The van der Waals surface area contributed by atoms with Gasteiger partial charge < -0.3 is 14.8 Å². The predicted octanol–water partition coefficient (Wildman–Crippen LogP) is 2.52. The summed E-state index contributed by atoms with van der Waals surface area (Å²) in [5, 5.41) is 19.0. The van der Waals surface area contributed by atoms with E-state index in [1.54, 1.807) is 12.1 Å². The van der Waals surface area contributed by atoms with Gasteiger partial charge in [-0.3, -0.25) is 0 Å². The summed E-state index contributed by atoms with van der Waals surface area (Å²) in [5.41, 5.74) is 1.74. The van der Waals surface area contributed by atoms with Gasteiger partial charge >= 0.3 is 5.97 Å². The fraction of sp³-hybridized carbons (Fsp3) is 0.467. The van der Waals surface area contributed by atoms with Crippen LogP contribution < -0.4 is 0 Å². The molecule has 20 heavy (non-hydrogen) atoms. The molecule has 0 atom stereocenters. The van der Waals surface area contributed by atoms with Crippen LogP contribution in [0.15, 0.2) is 18.2 Å². The van der Waals surface area contributed by atoms with Crippen LogP contribution in [0.3, 0.4) is 0 Å². The first-order chi connectivity index (χ1) is 9.58. The number of carboxylic acids is 1. The smallest absolute Gasteiger partial charge is 0.337 e. The van der Waals surface area contributed by atoms with Crippen molar-refractivity contribution in [3.8, 4) is 0 Å². The number of fused-ring (bicyclic) bond motifs is 1. The summed E-state index contributed by atoms with van der Waals surface area (Å²) in [4.78, 5) is 15.9. The number of rotatable bonds is 2. The Morgan fingerprint density at radius 2 is 2.00 bits per heavy atom. The van der Waals surface area contributed by atoms with Crippen molar-refractivity contribution in [2.45, 2.75) is 44.8 Å². The molecular formula is C15H18N2O3. The van der Waals surface area contributed by atoms with Crippen LogP contribution in [0.4, 0.5) is 0 Å². The Balaban J connectivity index is 2.14. The normalized spacial score (nSPS) is 23.1. The van der Waals surface area contributed by atoms with Gasteiger partial charge in [-0.15, -0.1) is 0 Å². The van der Waals surface area contributed by atoms with Crippen molar-refractivity contribution in [1.29, 1.82) is 0 Å². The second-order valence-corrected chi connectivity index (χ2v) is 5.47. The fourth-order valence-corrected chi connectivity index (χ4v) is 3.20. The van der Waals surface area contributed by atoms with Gasteiger partial charge in [-0.05, 0) is 44.7 Å². The molecule has 0 radical (unpaired) electrons. The Hall–Kier alpha value is -1.88. The SMILES string of the molecule is Cc1nc2cccc(C(=O)O)c2n1C1CCC(O)CC1. The van der Waals surface area contributed by atoms with Gasteiger partial charge in [0.1, 0.15) is 5.82 Å². The number of aliphatic hydroxyl groups excluding tert-OH is 1. The molecule has 0 spiro atoms. The lowest BCUT2D eigenvalue weighted by atomic mass is 9.92. The molecule has 106 valence electrons. The number of hydrogen-bond donors (Lipinski definition) is 2. The largest absolute Gasteiger partial charge is 0.478 e. The number of aryl methyl sites for hydroxylation is 1. The Kier molecular flexibility index (Phi) is 3.22. The first kappa shape index (κ1) is 13.1. The first-order valence-corrected chi connectivity index (χ1v) is 6.97. The minimum atomic E-state index is -0.924. The van der Waals surface area contributed by atoms with E-state index in [4.69, 9.17) is 0 Å². The van der Waals surface area contributed by atoms with Gasteiger partial charge in [0.2, 0.25) is 0 Å². The van der Waals surface area contributed by atoms with Crippen LogP contribution in [0.25, 0.3) is 11.0 Å². The topological polar surface area (TPSA) is 75.3 Å². The molecule has 2 N–H and O–H groups in total. The number of imidazole rings is 1. The van der Waals surface area contributed by atoms with E-state index in [9.17, 15) is 15.0 Å². The zero-order chi connectivity index (χ0) is 14.3. The number of aliphatic hydroxyl groups is 1. The van der Waals surface area contributed by atoms with Crippen LogP contribution in [0, 0.1) is 6.92 Å². The van der Waals surface area contributed by atoms with Crippen molar-refractivity contribution in [3.05, 3.63) is 29.6 Å². The Labute approximate surface area is 116 Å². The highest BCUT2D eigenvalue weighted by Crippen LogP contribution is 2.33. The molecule has 0 unspecified atom stereocenters. The molecule has 0 aliphatic heterocycles. The second kappa shape index (κ2) is 4.90. The maximum absolute atomic E-state index is 11.4. The molecule has 3 rings (SSSR count). The molecule has 1 aromatic carbocycles. The van der Waals surface area contributed by atoms with Crippen LogP contribution >= 0.6 is 0 Å². The van der Waals surface area contributed by atoms with Crippen molar-refractivity contribution >= 4 is 17.0 Å². The van der Waals surface area contributed by atoms with Crippen LogP contribution in [-0.2, 0) is 0 Å². The molecule has 1 aliphatic carbocycles. The minimum absolute atomic E-state index is 0.222. The van der Waals surface area contributed by atoms with Gasteiger partial charge in [0, 0.05) is 6.04 Å². The first-order valence-electron chi connectivity index (χ1n) is 6.97. The average Bonchev–Trinajstić information content (AvgIpc) is 2.75. The zero-order valence-electron chi connectivity index (χ0n) is 11.4. The summed E-state index contributed by atoms with van der Waals surface area (Å²) in [7, 11) is 0. The average molecular weight is 274 g/mol. The molecule has 5 nitrogen and oxygen atoms in total. The van der Waals surface area contributed by atoms with E-state index in [0.29, 0.717) is 11.1 Å². The molecule has 0 amide bonds. The van der Waals surface area contributed by atoms with Crippen molar-refractivity contribution in [2.24, 2.45) is 0 Å². The van der Waals surface area contributed by atoms with Crippen molar-refractivity contribution in [3.63, 3.8) is 0 Å². The van der Waals surface area contributed by atoms with Gasteiger partial charge in [0.05, 0.1) is 22.7 Å². The lowest BCUT2D eigenvalue weighted by Crippen LogP contribution is -2.22. The third kappa shape index (κ3) is 2.08. The van der Waals surface area contributed by atoms with E-state index in [-0.39, 0.29) is 12.1 Å². The third-order valence-electron chi connectivity index (χ3n) is 4.15. The van der Waals surface area contributed by atoms with Gasteiger partial charge in [-0.1, -0.05) is 6.07 Å². The Morgan fingerprint density at radius 1 is 1.30 bits per heavy atom. The lowest BCUT2D eigenvalue weighted by Gasteiger charge is -2.28. The van der Waals surface area contributed by atoms with E-state index >= 15 is 0 Å². The molecule has 1 aliphatic rings. The highest BCUT2D eigenvalue weighted by Gasteiger charge is 2.25. The number of carboxylic acid groups (broad SMARTS) is 1. The maximum atomic E-state index is 11.4. The summed E-state index contributed by atoms with van der Waals surface area (Å²) in [6.07, 6.45) is 3.03. The second-order valence-electron chi connectivity index (χ2n) is 5.47. The number of carbonyl (C=O) groups is 1. The van der Waals surface area contributed by atoms with E-state index in [1.165, 1.54) is 0 Å². The standard InChI is InChI=1S/C15H18N2O3/c1-9-16-13-4-2-3-12(15(19)20)14(13)17(9)10-5-7-11(18)8-6-10/h2-4,10-11,18H,5-8H2,1H3,(H,19,20). The lowest BCUT2D eigenvalue weighted by molar-refractivity contribution is 0.0697. The highest BCUT2D eigenvalue weighted by molar-refractivity contribution is 6.01. The third-order valence-corrected chi connectivity index (χ3v) is 4.15. The summed E-state index contributed by atoms with van der Waals surface area (Å²) < 4.78 is 2.05.